The Labute approximate surface area is 125 Å². The first-order chi connectivity index (χ1) is 10.1. The van der Waals surface area contributed by atoms with Crippen molar-refractivity contribution in [3.8, 4) is 0 Å². The highest BCUT2D eigenvalue weighted by Crippen LogP contribution is 2.52. The first-order valence-electron chi connectivity index (χ1n) is 8.29. The molecule has 4 atom stereocenters. The van der Waals surface area contributed by atoms with Crippen molar-refractivity contribution in [2.45, 2.75) is 52.0 Å². The number of nitrogens with two attached hydrogens (primary N) is 1. The molecular weight excluding hydrogens is 262 g/mol. The van der Waals surface area contributed by atoms with Gasteiger partial charge >= 0.3 is 0 Å². The van der Waals surface area contributed by atoms with Gasteiger partial charge < -0.3 is 5.73 Å². The summed E-state index contributed by atoms with van der Waals surface area (Å²) in [6, 6.07) is 0.422. The summed E-state index contributed by atoms with van der Waals surface area (Å²) in [5, 5.41) is 4.60. The van der Waals surface area contributed by atoms with E-state index in [2.05, 4.69) is 28.5 Å². The molecule has 2 aromatic heterocycles. The average molecular weight is 287 g/mol. The monoisotopic (exact) mass is 287 g/mol. The molecule has 5 heteroatoms. The van der Waals surface area contributed by atoms with E-state index in [4.69, 9.17) is 5.73 Å². The van der Waals surface area contributed by atoms with Gasteiger partial charge in [0.2, 0.25) is 5.95 Å². The Morgan fingerprint density at radius 2 is 2.14 bits per heavy atom. The van der Waals surface area contributed by atoms with Crippen molar-refractivity contribution in [3.05, 3.63) is 5.69 Å². The standard InChI is InChI=1S/C16H25N5/c1-4-13-14-15(20(3)19-13)21(16(17)18-14)9(2)12-8-10-5-6-11(12)7-10/h9-12H,4-8H2,1-3H3,(H2,17,18). The second-order valence-electron chi connectivity index (χ2n) is 7.02. The van der Waals surface area contributed by atoms with Gasteiger partial charge in [-0.1, -0.05) is 13.3 Å². The minimum atomic E-state index is 0.422. The van der Waals surface area contributed by atoms with Crippen LogP contribution in [0.2, 0.25) is 0 Å². The third kappa shape index (κ3) is 1.75. The molecule has 21 heavy (non-hydrogen) atoms. The summed E-state index contributed by atoms with van der Waals surface area (Å²) < 4.78 is 4.20. The number of imidazole rings is 1. The molecule has 0 aliphatic heterocycles. The highest BCUT2D eigenvalue weighted by Gasteiger charge is 2.43. The van der Waals surface area contributed by atoms with Crippen LogP contribution in [0.3, 0.4) is 0 Å². The first-order valence-corrected chi connectivity index (χ1v) is 8.29. The Balaban J connectivity index is 1.79. The summed E-state index contributed by atoms with van der Waals surface area (Å²) in [5.74, 6) is 3.26. The number of hydrogen-bond acceptors (Lipinski definition) is 3. The lowest BCUT2D eigenvalue weighted by Crippen LogP contribution is -2.23. The molecule has 0 saturated heterocycles. The maximum atomic E-state index is 6.27. The summed E-state index contributed by atoms with van der Waals surface area (Å²) in [6.45, 7) is 4.44. The van der Waals surface area contributed by atoms with Crippen molar-refractivity contribution in [2.75, 3.05) is 5.73 Å². The van der Waals surface area contributed by atoms with Crippen LogP contribution in [0.1, 0.15) is 51.3 Å². The smallest absolute Gasteiger partial charge is 0.202 e. The molecule has 2 heterocycles. The second kappa shape index (κ2) is 4.49. The Morgan fingerprint density at radius 3 is 2.76 bits per heavy atom. The Kier molecular flexibility index (Phi) is 2.81. The number of nitrogen functional groups attached to an aromatic ring is 1. The van der Waals surface area contributed by atoms with Crippen molar-refractivity contribution in [3.63, 3.8) is 0 Å². The summed E-state index contributed by atoms with van der Waals surface area (Å²) in [7, 11) is 2.01. The van der Waals surface area contributed by atoms with Crippen LogP contribution in [0.25, 0.3) is 11.2 Å². The zero-order valence-corrected chi connectivity index (χ0v) is 13.2. The predicted octanol–water partition coefficient (Wildman–Crippen LogP) is 2.91. The maximum Gasteiger partial charge on any atom is 0.202 e. The van der Waals surface area contributed by atoms with E-state index in [1.165, 1.54) is 25.7 Å². The summed E-state index contributed by atoms with van der Waals surface area (Å²) in [5.41, 5.74) is 9.41. The maximum absolute atomic E-state index is 6.27. The molecular formula is C16H25N5. The lowest BCUT2D eigenvalue weighted by atomic mass is 9.84. The summed E-state index contributed by atoms with van der Waals surface area (Å²) in [4.78, 5) is 4.62. The number of nitrogens with zero attached hydrogens (tertiary/aromatic N) is 4. The Hall–Kier alpha value is -1.52. The lowest BCUT2D eigenvalue weighted by molar-refractivity contribution is 0.246. The van der Waals surface area contributed by atoms with Crippen molar-refractivity contribution < 1.29 is 0 Å². The zero-order chi connectivity index (χ0) is 14.7. The lowest BCUT2D eigenvalue weighted by Gasteiger charge is -2.29. The van der Waals surface area contributed by atoms with Crippen LogP contribution in [-0.4, -0.2) is 19.3 Å². The van der Waals surface area contributed by atoms with Crippen LogP contribution < -0.4 is 5.73 Å². The third-order valence-electron chi connectivity index (χ3n) is 5.92. The first kappa shape index (κ1) is 13.2. The molecule has 2 bridgehead atoms. The van der Waals surface area contributed by atoms with Crippen molar-refractivity contribution in [1.29, 1.82) is 0 Å². The molecule has 0 aromatic carbocycles. The number of anilines is 1. The largest absolute Gasteiger partial charge is 0.369 e. The van der Waals surface area contributed by atoms with Gasteiger partial charge in [-0.25, -0.2) is 4.98 Å². The fourth-order valence-electron chi connectivity index (χ4n) is 4.94. The molecule has 2 fully saturated rings. The number of aromatic nitrogens is 4. The second-order valence-corrected chi connectivity index (χ2v) is 7.02. The van der Waals surface area contributed by atoms with Crippen LogP contribution in [0.4, 0.5) is 5.95 Å². The number of aryl methyl sites for hydroxylation is 2. The van der Waals surface area contributed by atoms with Crippen molar-refractivity contribution in [1.82, 2.24) is 19.3 Å². The number of rotatable bonds is 3. The molecule has 2 saturated carbocycles. The van der Waals surface area contributed by atoms with Gasteiger partial charge in [0.15, 0.2) is 5.65 Å². The summed E-state index contributed by atoms with van der Waals surface area (Å²) >= 11 is 0. The highest BCUT2D eigenvalue weighted by molar-refractivity contribution is 5.78. The molecule has 2 aliphatic rings. The van der Waals surface area contributed by atoms with Gasteiger partial charge in [0.05, 0.1) is 5.69 Å². The number of hydrogen-bond donors (Lipinski definition) is 1. The molecule has 0 spiro atoms. The van der Waals surface area contributed by atoms with Gasteiger partial charge in [-0.05, 0) is 50.4 Å². The quantitative estimate of drug-likeness (QED) is 0.944. The molecule has 2 N–H and O–H groups in total. The van der Waals surface area contributed by atoms with Gasteiger partial charge in [-0.15, -0.1) is 0 Å². The van der Waals surface area contributed by atoms with E-state index in [9.17, 15) is 0 Å². The van der Waals surface area contributed by atoms with E-state index in [1.54, 1.807) is 0 Å². The fourth-order valence-corrected chi connectivity index (χ4v) is 4.94. The van der Waals surface area contributed by atoms with E-state index in [1.807, 2.05) is 11.7 Å². The summed E-state index contributed by atoms with van der Waals surface area (Å²) in [6.07, 6.45) is 6.54. The van der Waals surface area contributed by atoms with E-state index >= 15 is 0 Å². The van der Waals surface area contributed by atoms with Crippen LogP contribution in [0.15, 0.2) is 0 Å². The SMILES string of the molecule is CCc1nn(C)c2c1nc(N)n2C(C)C1CC2CCC1C2. The Morgan fingerprint density at radius 1 is 1.33 bits per heavy atom. The minimum Gasteiger partial charge on any atom is -0.369 e. The predicted molar refractivity (Wildman–Crippen MR) is 83.9 cm³/mol. The van der Waals surface area contributed by atoms with Gasteiger partial charge in [0, 0.05) is 13.1 Å². The third-order valence-corrected chi connectivity index (χ3v) is 5.92. The highest BCUT2D eigenvalue weighted by atomic mass is 15.4. The molecule has 2 aromatic rings. The van der Waals surface area contributed by atoms with Crippen LogP contribution in [0, 0.1) is 17.8 Å². The molecule has 114 valence electrons. The fraction of sp³-hybridized carbons (Fsp3) is 0.750. The van der Waals surface area contributed by atoms with E-state index in [0.717, 1.165) is 41.0 Å². The minimum absolute atomic E-state index is 0.422. The molecule has 4 rings (SSSR count). The topological polar surface area (TPSA) is 61.7 Å². The van der Waals surface area contributed by atoms with Gasteiger partial charge in [-0.2, -0.15) is 5.10 Å². The molecule has 2 aliphatic carbocycles. The van der Waals surface area contributed by atoms with Crippen LogP contribution in [-0.2, 0) is 13.5 Å². The molecule has 0 radical (unpaired) electrons. The van der Waals surface area contributed by atoms with Crippen molar-refractivity contribution in [2.24, 2.45) is 24.8 Å². The number of fused-ring (bicyclic) bond motifs is 3. The average Bonchev–Trinajstić information content (AvgIpc) is 3.20. The Bertz CT molecular complexity index is 682. The molecule has 5 nitrogen and oxygen atoms in total. The normalized spacial score (nSPS) is 29.6. The van der Waals surface area contributed by atoms with Gasteiger partial charge in [0.1, 0.15) is 5.52 Å². The van der Waals surface area contributed by atoms with Gasteiger partial charge in [-0.3, -0.25) is 9.25 Å². The van der Waals surface area contributed by atoms with Crippen LogP contribution >= 0.6 is 0 Å². The zero-order valence-electron chi connectivity index (χ0n) is 13.2. The van der Waals surface area contributed by atoms with Crippen molar-refractivity contribution >= 4 is 17.1 Å². The van der Waals surface area contributed by atoms with Crippen LogP contribution in [0.5, 0.6) is 0 Å². The van der Waals surface area contributed by atoms with E-state index < -0.39 is 0 Å². The van der Waals surface area contributed by atoms with E-state index in [-0.39, 0.29) is 0 Å². The molecule has 0 amide bonds. The van der Waals surface area contributed by atoms with Gasteiger partial charge in [0.25, 0.3) is 0 Å². The molecule has 4 unspecified atom stereocenters. The van der Waals surface area contributed by atoms with E-state index in [0.29, 0.717) is 12.0 Å².